The predicted octanol–water partition coefficient (Wildman–Crippen LogP) is 2.04. The second kappa shape index (κ2) is 7.59. The van der Waals surface area contributed by atoms with Crippen molar-refractivity contribution in [3.63, 3.8) is 0 Å². The smallest absolute Gasteiger partial charge is 0.315 e. The van der Waals surface area contributed by atoms with Crippen molar-refractivity contribution >= 4 is 6.01 Å². The third-order valence-electron chi connectivity index (χ3n) is 4.29. The predicted molar refractivity (Wildman–Crippen MR) is 77.5 cm³/mol. The molecule has 1 heterocycles. The van der Waals surface area contributed by atoms with Crippen molar-refractivity contribution in [1.29, 1.82) is 0 Å². The van der Waals surface area contributed by atoms with Crippen LogP contribution < -0.4 is 10.6 Å². The highest BCUT2D eigenvalue weighted by molar-refractivity contribution is 5.21. The van der Waals surface area contributed by atoms with Gasteiger partial charge in [0, 0.05) is 19.7 Å². The lowest BCUT2D eigenvalue weighted by Crippen LogP contribution is -2.24. The Hall–Kier alpha value is -1.14. The summed E-state index contributed by atoms with van der Waals surface area (Å²) in [6.07, 6.45) is 3.72. The lowest BCUT2D eigenvalue weighted by Gasteiger charge is -2.19. The van der Waals surface area contributed by atoms with Gasteiger partial charge in [-0.25, -0.2) is 0 Å². The molecule has 0 aliphatic heterocycles. The topological polar surface area (TPSA) is 72.2 Å². The van der Waals surface area contributed by atoms with Crippen molar-refractivity contribution in [3.05, 3.63) is 5.89 Å². The van der Waals surface area contributed by atoms with E-state index in [0.717, 1.165) is 12.5 Å². The van der Waals surface area contributed by atoms with Gasteiger partial charge in [-0.3, -0.25) is 0 Å². The molecule has 1 aliphatic carbocycles. The van der Waals surface area contributed by atoms with E-state index in [4.69, 9.17) is 9.15 Å². The van der Waals surface area contributed by atoms with Gasteiger partial charge in [0.25, 0.3) is 0 Å². The second-order valence-electron chi connectivity index (χ2n) is 5.53. The summed E-state index contributed by atoms with van der Waals surface area (Å²) in [6.45, 7) is 6.61. The van der Waals surface area contributed by atoms with Crippen LogP contribution in [-0.4, -0.2) is 36.5 Å². The van der Waals surface area contributed by atoms with Gasteiger partial charge in [-0.1, -0.05) is 25.4 Å². The quantitative estimate of drug-likeness (QED) is 0.711. The second-order valence-corrected chi connectivity index (χ2v) is 5.53. The number of rotatable bonds is 8. The van der Waals surface area contributed by atoms with E-state index in [0.29, 0.717) is 37.0 Å². The van der Waals surface area contributed by atoms with E-state index in [9.17, 15) is 0 Å². The Balaban J connectivity index is 1.78. The summed E-state index contributed by atoms with van der Waals surface area (Å²) in [6, 6.07) is 0.997. The minimum absolute atomic E-state index is 0.453. The van der Waals surface area contributed by atoms with Gasteiger partial charge >= 0.3 is 6.01 Å². The number of nitrogens with zero attached hydrogens (tertiary/aromatic N) is 2. The van der Waals surface area contributed by atoms with Crippen LogP contribution in [0.15, 0.2) is 4.42 Å². The first kappa shape index (κ1) is 15.3. The molecule has 114 valence electrons. The number of methoxy groups -OCH3 is 1. The van der Waals surface area contributed by atoms with E-state index in [1.165, 1.54) is 19.3 Å². The van der Waals surface area contributed by atoms with Crippen molar-refractivity contribution in [2.45, 2.75) is 45.7 Å². The van der Waals surface area contributed by atoms with Crippen LogP contribution in [0.2, 0.25) is 0 Å². The third kappa shape index (κ3) is 3.93. The van der Waals surface area contributed by atoms with E-state index in [-0.39, 0.29) is 0 Å². The molecule has 1 aromatic heterocycles. The van der Waals surface area contributed by atoms with Crippen LogP contribution >= 0.6 is 0 Å². The molecule has 6 heteroatoms. The largest absolute Gasteiger partial charge is 0.407 e. The summed E-state index contributed by atoms with van der Waals surface area (Å²) in [5.74, 6) is 2.09. The van der Waals surface area contributed by atoms with Gasteiger partial charge in [0.15, 0.2) is 0 Å². The molecule has 0 radical (unpaired) electrons. The first-order valence-electron chi connectivity index (χ1n) is 7.53. The van der Waals surface area contributed by atoms with Gasteiger partial charge in [0.05, 0.1) is 13.2 Å². The number of ether oxygens (including phenoxy) is 1. The molecule has 2 rings (SSSR count). The monoisotopic (exact) mass is 282 g/mol. The molecule has 20 heavy (non-hydrogen) atoms. The molecule has 0 spiro atoms. The molecule has 1 saturated carbocycles. The Morgan fingerprint density at radius 3 is 2.90 bits per heavy atom. The van der Waals surface area contributed by atoms with Crippen LogP contribution in [0.1, 0.15) is 39.0 Å². The minimum atomic E-state index is 0.453. The average molecular weight is 282 g/mol. The van der Waals surface area contributed by atoms with Gasteiger partial charge in [0.1, 0.15) is 0 Å². The summed E-state index contributed by atoms with van der Waals surface area (Å²) >= 11 is 0. The van der Waals surface area contributed by atoms with Crippen LogP contribution in [0.3, 0.4) is 0 Å². The normalized spacial score (nSPS) is 26.1. The van der Waals surface area contributed by atoms with Crippen LogP contribution in [0.4, 0.5) is 6.01 Å². The third-order valence-corrected chi connectivity index (χ3v) is 4.29. The fourth-order valence-corrected chi connectivity index (χ4v) is 2.94. The highest BCUT2D eigenvalue weighted by Crippen LogP contribution is 2.35. The molecular weight excluding hydrogens is 256 g/mol. The maximum atomic E-state index is 5.61. The van der Waals surface area contributed by atoms with Gasteiger partial charge in [-0.15, -0.1) is 5.10 Å². The van der Waals surface area contributed by atoms with E-state index < -0.39 is 0 Å². The van der Waals surface area contributed by atoms with Crippen LogP contribution in [0, 0.1) is 11.8 Å². The number of hydrogen-bond acceptors (Lipinski definition) is 6. The highest BCUT2D eigenvalue weighted by atomic mass is 16.5. The molecular formula is C14H26N4O2. The summed E-state index contributed by atoms with van der Waals surface area (Å²) < 4.78 is 10.6. The highest BCUT2D eigenvalue weighted by Gasteiger charge is 2.32. The Morgan fingerprint density at radius 1 is 1.35 bits per heavy atom. The molecule has 3 atom stereocenters. The van der Waals surface area contributed by atoms with Crippen LogP contribution in [-0.2, 0) is 11.3 Å². The molecule has 1 fully saturated rings. The summed E-state index contributed by atoms with van der Waals surface area (Å²) in [5, 5.41) is 14.7. The molecule has 1 aliphatic rings. The number of hydrogen-bond donors (Lipinski definition) is 2. The number of anilines is 1. The molecule has 3 unspecified atom stereocenters. The zero-order valence-corrected chi connectivity index (χ0v) is 12.7. The van der Waals surface area contributed by atoms with Crippen LogP contribution in [0.5, 0.6) is 0 Å². The van der Waals surface area contributed by atoms with Gasteiger partial charge in [0.2, 0.25) is 5.89 Å². The molecule has 0 bridgehead atoms. The molecule has 0 amide bonds. The summed E-state index contributed by atoms with van der Waals surface area (Å²) in [5.41, 5.74) is 0. The Kier molecular flexibility index (Phi) is 5.79. The SMILES string of the molecule is CCC1CCC(Nc2nnc(CNCCOC)o2)C1C. The first-order chi connectivity index (χ1) is 9.74. The zero-order chi connectivity index (χ0) is 14.4. The molecule has 6 nitrogen and oxygen atoms in total. The van der Waals surface area contributed by atoms with E-state index in [1.54, 1.807) is 7.11 Å². The van der Waals surface area contributed by atoms with E-state index >= 15 is 0 Å². The average Bonchev–Trinajstić information content (AvgIpc) is 3.03. The fourth-order valence-electron chi connectivity index (χ4n) is 2.94. The lowest BCUT2D eigenvalue weighted by molar-refractivity contribution is 0.198. The van der Waals surface area contributed by atoms with Crippen molar-refractivity contribution in [2.75, 3.05) is 25.6 Å². The van der Waals surface area contributed by atoms with Gasteiger partial charge < -0.3 is 19.8 Å². The molecule has 1 aromatic rings. The minimum Gasteiger partial charge on any atom is -0.407 e. The van der Waals surface area contributed by atoms with Gasteiger partial charge in [-0.05, 0) is 24.7 Å². The fraction of sp³-hybridized carbons (Fsp3) is 0.857. The summed E-state index contributed by atoms with van der Waals surface area (Å²) in [7, 11) is 1.68. The van der Waals surface area contributed by atoms with Crippen molar-refractivity contribution in [1.82, 2.24) is 15.5 Å². The van der Waals surface area contributed by atoms with Crippen molar-refractivity contribution < 1.29 is 9.15 Å². The molecule has 0 aromatic carbocycles. The maximum absolute atomic E-state index is 5.61. The lowest BCUT2D eigenvalue weighted by atomic mass is 9.94. The Labute approximate surface area is 120 Å². The molecule has 0 saturated heterocycles. The van der Waals surface area contributed by atoms with Gasteiger partial charge in [-0.2, -0.15) is 0 Å². The van der Waals surface area contributed by atoms with Crippen molar-refractivity contribution in [2.24, 2.45) is 11.8 Å². The summed E-state index contributed by atoms with van der Waals surface area (Å²) in [4.78, 5) is 0. The standard InChI is InChI=1S/C14H26N4O2/c1-4-11-5-6-12(10(11)2)16-14-18-17-13(20-14)9-15-7-8-19-3/h10-12,15H,4-9H2,1-3H3,(H,16,18). The van der Waals surface area contributed by atoms with E-state index in [1.807, 2.05) is 0 Å². The first-order valence-corrected chi connectivity index (χ1v) is 7.53. The molecule has 2 N–H and O–H groups in total. The van der Waals surface area contributed by atoms with E-state index in [2.05, 4.69) is 34.7 Å². The maximum Gasteiger partial charge on any atom is 0.315 e. The van der Waals surface area contributed by atoms with Crippen molar-refractivity contribution in [3.8, 4) is 0 Å². The van der Waals surface area contributed by atoms with Crippen LogP contribution in [0.25, 0.3) is 0 Å². The Morgan fingerprint density at radius 2 is 2.20 bits per heavy atom. The number of aromatic nitrogens is 2. The Bertz CT molecular complexity index is 396. The number of nitrogens with one attached hydrogen (secondary N) is 2. The zero-order valence-electron chi connectivity index (χ0n) is 12.7.